The fraction of sp³-hybridized carbons (Fsp3) is 0.500. The van der Waals surface area contributed by atoms with Crippen LogP contribution in [-0.2, 0) is 24.4 Å². The number of rotatable bonds is 6. The number of aryl methyl sites for hydroxylation is 4. The van der Waals surface area contributed by atoms with Gasteiger partial charge in [-0.1, -0.05) is 0 Å². The third-order valence-corrected chi connectivity index (χ3v) is 3.18. The summed E-state index contributed by atoms with van der Waals surface area (Å²) in [6, 6.07) is 0. The topological polar surface area (TPSA) is 64.7 Å². The number of nitrogens with zero attached hydrogens (tertiary/aromatic N) is 4. The van der Waals surface area contributed by atoms with Crippen LogP contribution in [0.2, 0.25) is 0 Å². The van der Waals surface area contributed by atoms with Crippen molar-refractivity contribution in [2.45, 2.75) is 46.8 Å². The van der Waals surface area contributed by atoms with Gasteiger partial charge >= 0.3 is 0 Å². The second kappa shape index (κ2) is 6.36. The Labute approximate surface area is 118 Å². The minimum absolute atomic E-state index is 0.0294. The Morgan fingerprint density at radius 1 is 1.30 bits per heavy atom. The quantitative estimate of drug-likeness (QED) is 0.867. The fourth-order valence-electron chi connectivity index (χ4n) is 1.98. The fourth-order valence-corrected chi connectivity index (χ4v) is 1.98. The molecule has 2 rings (SSSR count). The molecule has 108 valence electrons. The highest BCUT2D eigenvalue weighted by Gasteiger charge is 2.07. The average Bonchev–Trinajstić information content (AvgIpc) is 3.00. The van der Waals surface area contributed by atoms with Crippen molar-refractivity contribution in [2.75, 3.05) is 0 Å². The third kappa shape index (κ3) is 3.69. The summed E-state index contributed by atoms with van der Waals surface area (Å²) in [6.07, 6.45) is 6.14. The van der Waals surface area contributed by atoms with Gasteiger partial charge in [0.05, 0.1) is 11.9 Å². The van der Waals surface area contributed by atoms with Crippen molar-refractivity contribution in [3.8, 4) is 0 Å². The maximum Gasteiger partial charge on any atom is 0.222 e. The van der Waals surface area contributed by atoms with Crippen LogP contribution < -0.4 is 5.32 Å². The monoisotopic (exact) mass is 275 g/mol. The first-order chi connectivity index (χ1) is 9.58. The van der Waals surface area contributed by atoms with Crippen LogP contribution >= 0.6 is 0 Å². The van der Waals surface area contributed by atoms with Gasteiger partial charge in [-0.15, -0.1) is 0 Å². The summed E-state index contributed by atoms with van der Waals surface area (Å²) in [6.45, 7) is 7.96. The van der Waals surface area contributed by atoms with Gasteiger partial charge in [0, 0.05) is 44.0 Å². The highest BCUT2D eigenvalue weighted by atomic mass is 16.1. The van der Waals surface area contributed by atoms with Gasteiger partial charge in [-0.2, -0.15) is 10.2 Å². The van der Waals surface area contributed by atoms with Crippen LogP contribution in [0.4, 0.5) is 0 Å². The SMILES string of the molecule is CCn1cc(CNC(=O)CCn2cc(C)cn2)c(C)n1. The summed E-state index contributed by atoms with van der Waals surface area (Å²) in [5.74, 6) is 0.0294. The summed E-state index contributed by atoms with van der Waals surface area (Å²) < 4.78 is 3.67. The largest absolute Gasteiger partial charge is 0.352 e. The Hall–Kier alpha value is -2.11. The summed E-state index contributed by atoms with van der Waals surface area (Å²) in [5, 5.41) is 11.4. The van der Waals surface area contributed by atoms with E-state index in [1.54, 1.807) is 10.9 Å². The Morgan fingerprint density at radius 2 is 2.10 bits per heavy atom. The van der Waals surface area contributed by atoms with Gasteiger partial charge in [-0.25, -0.2) is 0 Å². The zero-order valence-corrected chi connectivity index (χ0v) is 12.3. The minimum atomic E-state index is 0.0294. The van der Waals surface area contributed by atoms with Gasteiger partial charge < -0.3 is 5.32 Å². The standard InChI is InChI=1S/C14H21N5O/c1-4-18-10-13(12(3)17-18)8-15-14(20)5-6-19-9-11(2)7-16-19/h7,9-10H,4-6,8H2,1-3H3,(H,15,20). The Kier molecular flexibility index (Phi) is 4.55. The first kappa shape index (κ1) is 14.3. The van der Waals surface area contributed by atoms with Crippen molar-refractivity contribution >= 4 is 5.91 Å². The lowest BCUT2D eigenvalue weighted by molar-refractivity contribution is -0.121. The molecular weight excluding hydrogens is 254 g/mol. The van der Waals surface area contributed by atoms with E-state index in [4.69, 9.17) is 0 Å². The van der Waals surface area contributed by atoms with Crippen molar-refractivity contribution < 1.29 is 4.79 Å². The molecule has 6 nitrogen and oxygen atoms in total. The predicted octanol–water partition coefficient (Wildman–Crippen LogP) is 1.42. The normalized spacial score (nSPS) is 10.8. The number of hydrogen-bond donors (Lipinski definition) is 1. The predicted molar refractivity (Wildman–Crippen MR) is 76.1 cm³/mol. The van der Waals surface area contributed by atoms with E-state index in [0.29, 0.717) is 19.5 Å². The molecule has 2 aromatic heterocycles. The van der Waals surface area contributed by atoms with Crippen LogP contribution in [0.15, 0.2) is 18.6 Å². The van der Waals surface area contributed by atoms with E-state index in [1.807, 2.05) is 37.8 Å². The van der Waals surface area contributed by atoms with E-state index in [-0.39, 0.29) is 5.91 Å². The van der Waals surface area contributed by atoms with Crippen molar-refractivity contribution in [3.05, 3.63) is 35.4 Å². The first-order valence-electron chi connectivity index (χ1n) is 6.87. The van der Waals surface area contributed by atoms with Crippen molar-refractivity contribution in [3.63, 3.8) is 0 Å². The zero-order valence-electron chi connectivity index (χ0n) is 12.3. The Bertz CT molecular complexity index is 584. The lowest BCUT2D eigenvalue weighted by Gasteiger charge is -2.04. The molecule has 0 aromatic carbocycles. The van der Waals surface area contributed by atoms with E-state index in [2.05, 4.69) is 15.5 Å². The van der Waals surface area contributed by atoms with Crippen molar-refractivity contribution in [2.24, 2.45) is 0 Å². The summed E-state index contributed by atoms with van der Waals surface area (Å²) in [4.78, 5) is 11.8. The summed E-state index contributed by atoms with van der Waals surface area (Å²) >= 11 is 0. The highest BCUT2D eigenvalue weighted by Crippen LogP contribution is 2.05. The van der Waals surface area contributed by atoms with E-state index in [0.717, 1.165) is 23.4 Å². The molecule has 2 heterocycles. The number of aromatic nitrogens is 4. The molecular formula is C14H21N5O. The van der Waals surface area contributed by atoms with Gasteiger partial charge in [0.15, 0.2) is 0 Å². The number of nitrogens with one attached hydrogen (secondary N) is 1. The number of amides is 1. The van der Waals surface area contributed by atoms with Gasteiger partial charge in [-0.3, -0.25) is 14.2 Å². The van der Waals surface area contributed by atoms with Gasteiger partial charge in [0.2, 0.25) is 5.91 Å². The van der Waals surface area contributed by atoms with Crippen LogP contribution in [0.3, 0.4) is 0 Å². The van der Waals surface area contributed by atoms with E-state index < -0.39 is 0 Å². The van der Waals surface area contributed by atoms with Crippen LogP contribution in [0.1, 0.15) is 30.2 Å². The smallest absolute Gasteiger partial charge is 0.222 e. The lowest BCUT2D eigenvalue weighted by atomic mass is 10.2. The third-order valence-electron chi connectivity index (χ3n) is 3.18. The zero-order chi connectivity index (χ0) is 14.5. The molecule has 2 aromatic rings. The Morgan fingerprint density at radius 3 is 2.70 bits per heavy atom. The van der Waals surface area contributed by atoms with Gasteiger partial charge in [-0.05, 0) is 26.3 Å². The molecule has 0 radical (unpaired) electrons. The maximum absolute atomic E-state index is 11.8. The number of carbonyl (C=O) groups excluding carboxylic acids is 1. The number of hydrogen-bond acceptors (Lipinski definition) is 3. The van der Waals surface area contributed by atoms with Gasteiger partial charge in [0.1, 0.15) is 0 Å². The molecule has 0 unspecified atom stereocenters. The molecule has 0 atom stereocenters. The first-order valence-corrected chi connectivity index (χ1v) is 6.87. The van der Waals surface area contributed by atoms with Gasteiger partial charge in [0.25, 0.3) is 0 Å². The van der Waals surface area contributed by atoms with E-state index in [1.165, 1.54) is 0 Å². The van der Waals surface area contributed by atoms with Crippen LogP contribution in [0.25, 0.3) is 0 Å². The second-order valence-corrected chi connectivity index (χ2v) is 4.90. The molecule has 0 aliphatic heterocycles. The summed E-state index contributed by atoms with van der Waals surface area (Å²) in [5.41, 5.74) is 3.14. The minimum Gasteiger partial charge on any atom is -0.352 e. The van der Waals surface area contributed by atoms with E-state index in [9.17, 15) is 4.79 Å². The molecule has 0 saturated carbocycles. The van der Waals surface area contributed by atoms with Crippen molar-refractivity contribution in [1.29, 1.82) is 0 Å². The number of carbonyl (C=O) groups is 1. The molecule has 0 saturated heterocycles. The highest BCUT2D eigenvalue weighted by molar-refractivity contribution is 5.75. The lowest BCUT2D eigenvalue weighted by Crippen LogP contribution is -2.24. The molecule has 20 heavy (non-hydrogen) atoms. The van der Waals surface area contributed by atoms with Crippen LogP contribution in [0, 0.1) is 13.8 Å². The average molecular weight is 275 g/mol. The second-order valence-electron chi connectivity index (χ2n) is 4.90. The molecule has 0 aliphatic rings. The molecule has 0 aliphatic carbocycles. The van der Waals surface area contributed by atoms with Crippen LogP contribution in [0.5, 0.6) is 0 Å². The summed E-state index contributed by atoms with van der Waals surface area (Å²) in [7, 11) is 0. The molecule has 0 spiro atoms. The molecule has 1 amide bonds. The molecule has 0 fully saturated rings. The Balaban J connectivity index is 1.78. The van der Waals surface area contributed by atoms with Crippen LogP contribution in [-0.4, -0.2) is 25.5 Å². The maximum atomic E-state index is 11.8. The molecule has 6 heteroatoms. The van der Waals surface area contributed by atoms with Crippen molar-refractivity contribution in [1.82, 2.24) is 24.9 Å². The molecule has 1 N–H and O–H groups in total. The molecule has 0 bridgehead atoms. The van der Waals surface area contributed by atoms with E-state index >= 15 is 0 Å².